The van der Waals surface area contributed by atoms with Gasteiger partial charge in [0.15, 0.2) is 0 Å². The first kappa shape index (κ1) is 20.9. The molecule has 0 saturated carbocycles. The van der Waals surface area contributed by atoms with Crippen molar-refractivity contribution in [2.75, 3.05) is 19.4 Å². The molecule has 0 spiro atoms. The van der Waals surface area contributed by atoms with Crippen LogP contribution in [0.4, 0.5) is 0 Å². The largest absolute Gasteiger partial charge is 0.496 e. The van der Waals surface area contributed by atoms with Crippen molar-refractivity contribution >= 4 is 60.9 Å². The smallest absolute Gasteiger partial charge is 0.240 e. The van der Waals surface area contributed by atoms with Crippen molar-refractivity contribution < 1.29 is 13.2 Å². The predicted molar refractivity (Wildman–Crippen MR) is 109 cm³/mol. The predicted octanol–water partition coefficient (Wildman–Crippen LogP) is 4.98. The summed E-state index contributed by atoms with van der Waals surface area (Å²) in [4.78, 5) is 0.180. The zero-order valence-electron chi connectivity index (χ0n) is 13.3. The zero-order valence-corrected chi connectivity index (χ0v) is 18.0. The van der Waals surface area contributed by atoms with Gasteiger partial charge in [-0.05, 0) is 51.8 Å². The molecule has 2 aromatic rings. The van der Waals surface area contributed by atoms with Gasteiger partial charge in [0.25, 0.3) is 0 Å². The maximum absolute atomic E-state index is 12.3. The van der Waals surface area contributed by atoms with Crippen LogP contribution in [-0.4, -0.2) is 27.8 Å². The molecule has 0 amide bonds. The Bertz CT molecular complexity index is 827. The first-order valence-corrected chi connectivity index (χ1v) is 11.4. The van der Waals surface area contributed by atoms with Crippen LogP contribution in [0.15, 0.2) is 45.8 Å². The Morgan fingerprint density at radius 1 is 1.20 bits per heavy atom. The van der Waals surface area contributed by atoms with Gasteiger partial charge >= 0.3 is 0 Å². The minimum absolute atomic E-state index is 0.180. The number of sulfonamides is 1. The van der Waals surface area contributed by atoms with Crippen LogP contribution in [-0.2, 0) is 15.8 Å². The molecule has 0 bridgehead atoms. The van der Waals surface area contributed by atoms with Gasteiger partial charge in [0.2, 0.25) is 10.0 Å². The van der Waals surface area contributed by atoms with Crippen LogP contribution in [0.5, 0.6) is 5.75 Å². The molecule has 4 nitrogen and oxygen atoms in total. The van der Waals surface area contributed by atoms with Crippen LogP contribution in [0.2, 0.25) is 10.0 Å². The van der Waals surface area contributed by atoms with Crippen LogP contribution < -0.4 is 9.46 Å². The van der Waals surface area contributed by atoms with Gasteiger partial charge in [-0.15, -0.1) is 0 Å². The zero-order chi connectivity index (χ0) is 18.4. The number of methoxy groups -OCH3 is 1. The van der Waals surface area contributed by atoms with Crippen molar-refractivity contribution in [3.8, 4) is 5.75 Å². The fourth-order valence-electron chi connectivity index (χ4n) is 1.99. The Morgan fingerprint density at radius 2 is 1.88 bits per heavy atom. The summed E-state index contributed by atoms with van der Waals surface area (Å²) in [6.45, 7) is 0.304. The molecule has 9 heteroatoms. The normalized spacial score (nSPS) is 11.5. The molecule has 2 rings (SSSR count). The Labute approximate surface area is 170 Å². The van der Waals surface area contributed by atoms with Crippen LogP contribution in [0, 0.1) is 0 Å². The van der Waals surface area contributed by atoms with Crippen molar-refractivity contribution in [2.24, 2.45) is 0 Å². The third-order valence-electron chi connectivity index (χ3n) is 3.28. The van der Waals surface area contributed by atoms with E-state index in [1.807, 2.05) is 0 Å². The van der Waals surface area contributed by atoms with E-state index in [1.54, 1.807) is 36.0 Å². The van der Waals surface area contributed by atoms with Crippen LogP contribution in [0.3, 0.4) is 0 Å². The van der Waals surface area contributed by atoms with Crippen LogP contribution >= 0.6 is 50.9 Å². The molecule has 0 aromatic heterocycles. The molecule has 0 heterocycles. The molecule has 25 heavy (non-hydrogen) atoms. The topological polar surface area (TPSA) is 55.4 Å². The molecule has 136 valence electrons. The van der Waals surface area contributed by atoms with E-state index < -0.39 is 10.0 Å². The van der Waals surface area contributed by atoms with E-state index in [0.29, 0.717) is 38.3 Å². The SMILES string of the molecule is COc1ccc(S(=O)(=O)NCCSCc2c(Cl)cccc2Cl)cc1Br. The first-order valence-electron chi connectivity index (χ1n) is 7.19. The van der Waals surface area contributed by atoms with Crippen molar-refractivity contribution in [1.29, 1.82) is 0 Å². The van der Waals surface area contributed by atoms with Crippen molar-refractivity contribution in [3.63, 3.8) is 0 Å². The number of rotatable bonds is 8. The lowest BCUT2D eigenvalue weighted by Crippen LogP contribution is -2.26. The van der Waals surface area contributed by atoms with Gasteiger partial charge in [0, 0.05) is 28.1 Å². The molecule has 1 N–H and O–H groups in total. The minimum atomic E-state index is -3.57. The number of hydrogen-bond acceptors (Lipinski definition) is 4. The van der Waals surface area contributed by atoms with Gasteiger partial charge in [0.1, 0.15) is 5.75 Å². The van der Waals surface area contributed by atoms with E-state index in [1.165, 1.54) is 19.2 Å². The third kappa shape index (κ3) is 5.77. The summed E-state index contributed by atoms with van der Waals surface area (Å²) in [6.07, 6.45) is 0. The summed E-state index contributed by atoms with van der Waals surface area (Å²) in [5.41, 5.74) is 0.859. The summed E-state index contributed by atoms with van der Waals surface area (Å²) < 4.78 is 32.9. The van der Waals surface area contributed by atoms with E-state index in [0.717, 1.165) is 5.56 Å². The number of hydrogen-bond donors (Lipinski definition) is 1. The number of ether oxygens (including phenoxy) is 1. The van der Waals surface area contributed by atoms with Gasteiger partial charge in [-0.25, -0.2) is 13.1 Å². The summed E-state index contributed by atoms with van der Waals surface area (Å²) in [5.74, 6) is 1.79. The van der Waals surface area contributed by atoms with Gasteiger partial charge < -0.3 is 4.74 Å². The molecular weight excluding hydrogens is 469 g/mol. The van der Waals surface area contributed by atoms with Gasteiger partial charge in [-0.1, -0.05) is 29.3 Å². The number of thioether (sulfide) groups is 1. The lowest BCUT2D eigenvalue weighted by molar-refractivity contribution is 0.411. The maximum Gasteiger partial charge on any atom is 0.240 e. The summed E-state index contributed by atoms with van der Waals surface area (Å²) >= 11 is 17.1. The first-order chi connectivity index (χ1) is 11.8. The molecule has 2 aromatic carbocycles. The van der Waals surface area contributed by atoms with E-state index >= 15 is 0 Å². The highest BCUT2D eigenvalue weighted by molar-refractivity contribution is 9.10. The second-order valence-corrected chi connectivity index (χ2v) is 9.49. The maximum atomic E-state index is 12.3. The molecule has 0 aliphatic heterocycles. The average molecular weight is 485 g/mol. The fraction of sp³-hybridized carbons (Fsp3) is 0.250. The Balaban J connectivity index is 1.87. The van der Waals surface area contributed by atoms with Gasteiger partial charge in [0.05, 0.1) is 16.5 Å². The highest BCUT2D eigenvalue weighted by Gasteiger charge is 2.15. The standard InChI is InChI=1S/C16H16BrCl2NO3S2/c1-23-16-6-5-11(9-13(16)17)25(21,22)20-7-8-24-10-12-14(18)3-2-4-15(12)19/h2-6,9,20H,7-8,10H2,1H3. The highest BCUT2D eigenvalue weighted by atomic mass is 79.9. The molecular formula is C16H16BrCl2NO3S2. The number of nitrogens with one attached hydrogen (secondary N) is 1. The minimum Gasteiger partial charge on any atom is -0.496 e. The summed E-state index contributed by atoms with van der Waals surface area (Å²) in [5, 5.41) is 1.23. The lowest BCUT2D eigenvalue weighted by Gasteiger charge is -2.10. The molecule has 0 aliphatic carbocycles. The van der Waals surface area contributed by atoms with Crippen LogP contribution in [0.1, 0.15) is 5.56 Å². The number of halogens is 3. The molecule has 0 atom stereocenters. The van der Waals surface area contributed by atoms with E-state index in [4.69, 9.17) is 27.9 Å². The Morgan fingerprint density at radius 3 is 2.48 bits per heavy atom. The fourth-order valence-corrected chi connectivity index (χ4v) is 5.46. The molecule has 0 radical (unpaired) electrons. The second kappa shape index (κ2) is 9.48. The number of benzene rings is 2. The lowest BCUT2D eigenvalue weighted by atomic mass is 10.2. The van der Waals surface area contributed by atoms with Gasteiger partial charge in [-0.2, -0.15) is 11.8 Å². The van der Waals surface area contributed by atoms with Crippen LogP contribution in [0.25, 0.3) is 0 Å². The average Bonchev–Trinajstić information content (AvgIpc) is 2.56. The second-order valence-electron chi connectivity index (χ2n) is 4.95. The monoisotopic (exact) mass is 483 g/mol. The Hall–Kier alpha value is -0.440. The van der Waals surface area contributed by atoms with Crippen molar-refractivity contribution in [2.45, 2.75) is 10.6 Å². The quantitative estimate of drug-likeness (QED) is 0.537. The van der Waals surface area contributed by atoms with Crippen molar-refractivity contribution in [1.82, 2.24) is 4.72 Å². The third-order valence-corrected chi connectivity index (χ3v) is 7.05. The van der Waals surface area contributed by atoms with Gasteiger partial charge in [-0.3, -0.25) is 0 Å². The summed E-state index contributed by atoms with van der Waals surface area (Å²) in [7, 11) is -2.05. The summed E-state index contributed by atoms with van der Waals surface area (Å²) in [6, 6.07) is 9.98. The molecule has 0 aliphatic rings. The Kier molecular flexibility index (Phi) is 7.91. The van der Waals surface area contributed by atoms with Crippen molar-refractivity contribution in [3.05, 3.63) is 56.5 Å². The van der Waals surface area contributed by atoms with E-state index in [-0.39, 0.29) is 4.90 Å². The molecule has 0 saturated heterocycles. The molecule has 0 fully saturated rings. The highest BCUT2D eigenvalue weighted by Crippen LogP contribution is 2.29. The molecule has 0 unspecified atom stereocenters. The van der Waals surface area contributed by atoms with E-state index in [9.17, 15) is 8.42 Å². The van der Waals surface area contributed by atoms with E-state index in [2.05, 4.69) is 20.7 Å².